The number of aromatic nitrogens is 1. The molecule has 1 saturated carbocycles. The van der Waals surface area contributed by atoms with Gasteiger partial charge in [0.1, 0.15) is 13.7 Å². The third-order valence-corrected chi connectivity index (χ3v) is 3.90. The number of amides is 1. The maximum absolute atomic E-state index is 12.1. The summed E-state index contributed by atoms with van der Waals surface area (Å²) in [7, 11) is 2.02. The van der Waals surface area contributed by atoms with Gasteiger partial charge >= 0.3 is 0 Å². The van der Waals surface area contributed by atoms with Crippen LogP contribution in [0.3, 0.4) is 0 Å². The standard InChI is InChI=1S/C13H17BN2O2/c1-13(18)5-10(6-13)16-11(17)3-2-8-4-9(14)7-15-12(8)16/h4,7,10,18H,2-3,5-6,14H2,1H3/t10-,13+. The van der Waals surface area contributed by atoms with Gasteiger partial charge < -0.3 is 5.11 Å². The minimum Gasteiger partial charge on any atom is -0.390 e. The van der Waals surface area contributed by atoms with Gasteiger partial charge in [0.25, 0.3) is 0 Å². The Hall–Kier alpha value is -1.36. The first-order chi connectivity index (χ1) is 8.46. The van der Waals surface area contributed by atoms with E-state index in [2.05, 4.69) is 11.1 Å². The van der Waals surface area contributed by atoms with Gasteiger partial charge in [0.05, 0.1) is 5.60 Å². The van der Waals surface area contributed by atoms with Crippen LogP contribution in [0.4, 0.5) is 5.82 Å². The lowest BCUT2D eigenvalue weighted by atomic mass is 9.75. The minimum atomic E-state index is -0.618. The van der Waals surface area contributed by atoms with Crippen LogP contribution in [-0.2, 0) is 11.2 Å². The summed E-state index contributed by atoms with van der Waals surface area (Å²) in [6, 6.07) is 2.22. The quantitative estimate of drug-likeness (QED) is 0.680. The van der Waals surface area contributed by atoms with E-state index in [9.17, 15) is 9.90 Å². The third-order valence-electron chi connectivity index (χ3n) is 3.90. The molecule has 18 heavy (non-hydrogen) atoms. The Morgan fingerprint density at radius 1 is 1.50 bits per heavy atom. The van der Waals surface area contributed by atoms with E-state index in [1.807, 2.05) is 14.8 Å². The van der Waals surface area contributed by atoms with Gasteiger partial charge in [-0.25, -0.2) is 4.98 Å². The smallest absolute Gasteiger partial charge is 0.228 e. The topological polar surface area (TPSA) is 53.4 Å². The summed E-state index contributed by atoms with van der Waals surface area (Å²) in [5.74, 6) is 0.941. The molecule has 94 valence electrons. The zero-order chi connectivity index (χ0) is 12.9. The first-order valence-corrected chi connectivity index (χ1v) is 6.46. The highest BCUT2D eigenvalue weighted by molar-refractivity contribution is 6.32. The predicted octanol–water partition coefficient (Wildman–Crippen LogP) is -0.467. The fraction of sp³-hybridized carbons (Fsp3) is 0.538. The summed E-state index contributed by atoms with van der Waals surface area (Å²) < 4.78 is 0. The number of anilines is 1. The van der Waals surface area contributed by atoms with Crippen molar-refractivity contribution in [3.8, 4) is 0 Å². The molecule has 5 heteroatoms. The van der Waals surface area contributed by atoms with Crippen LogP contribution in [0, 0.1) is 0 Å². The second-order valence-corrected chi connectivity index (χ2v) is 5.82. The SMILES string of the molecule is Bc1cnc2c(c1)CCC(=O)N2[C@H]1C[C@@](C)(O)C1. The van der Waals surface area contributed by atoms with Crippen LogP contribution in [0.25, 0.3) is 0 Å². The van der Waals surface area contributed by atoms with E-state index in [0.717, 1.165) is 23.3 Å². The molecular weight excluding hydrogens is 227 g/mol. The number of pyridine rings is 1. The van der Waals surface area contributed by atoms with Gasteiger partial charge in [0.2, 0.25) is 5.91 Å². The van der Waals surface area contributed by atoms with E-state index >= 15 is 0 Å². The fourth-order valence-electron chi connectivity index (χ4n) is 3.02. The maximum atomic E-state index is 12.1. The summed E-state index contributed by atoms with van der Waals surface area (Å²) in [4.78, 5) is 18.3. The molecule has 1 aromatic rings. The summed E-state index contributed by atoms with van der Waals surface area (Å²) in [5, 5.41) is 9.83. The molecule has 0 atom stereocenters. The number of nitrogens with zero attached hydrogens (tertiary/aromatic N) is 2. The first kappa shape index (κ1) is 11.7. The molecule has 4 nitrogen and oxygen atoms in total. The zero-order valence-electron chi connectivity index (χ0n) is 10.8. The van der Waals surface area contributed by atoms with Gasteiger partial charge in [0, 0.05) is 18.7 Å². The molecular formula is C13H17BN2O2. The number of hydrogen-bond donors (Lipinski definition) is 1. The molecule has 1 aliphatic heterocycles. The van der Waals surface area contributed by atoms with E-state index in [4.69, 9.17) is 0 Å². The molecule has 3 rings (SSSR count). The Balaban J connectivity index is 1.93. The van der Waals surface area contributed by atoms with Crippen LogP contribution in [0.2, 0.25) is 0 Å². The average Bonchev–Trinajstić information content (AvgIpc) is 2.26. The number of aryl methyl sites for hydroxylation is 1. The lowest BCUT2D eigenvalue weighted by Crippen LogP contribution is -2.57. The van der Waals surface area contributed by atoms with E-state index in [-0.39, 0.29) is 11.9 Å². The van der Waals surface area contributed by atoms with Crippen LogP contribution >= 0.6 is 0 Å². The highest BCUT2D eigenvalue weighted by atomic mass is 16.3. The van der Waals surface area contributed by atoms with E-state index in [1.165, 1.54) is 0 Å². The van der Waals surface area contributed by atoms with Gasteiger partial charge in [-0.2, -0.15) is 0 Å². The molecule has 1 amide bonds. The molecule has 0 radical (unpaired) electrons. The molecule has 0 spiro atoms. The molecule has 1 aliphatic carbocycles. The molecule has 1 aromatic heterocycles. The van der Waals surface area contributed by atoms with Gasteiger partial charge in [-0.1, -0.05) is 11.5 Å². The number of aliphatic hydroxyl groups is 1. The second-order valence-electron chi connectivity index (χ2n) is 5.82. The Labute approximate surface area is 107 Å². The third kappa shape index (κ3) is 1.83. The van der Waals surface area contributed by atoms with Crippen molar-refractivity contribution in [3.63, 3.8) is 0 Å². The zero-order valence-corrected chi connectivity index (χ0v) is 10.8. The summed E-state index contributed by atoms with van der Waals surface area (Å²) in [6.07, 6.45) is 4.43. The second kappa shape index (κ2) is 3.82. The van der Waals surface area contributed by atoms with Crippen LogP contribution in [0.15, 0.2) is 12.3 Å². The summed E-state index contributed by atoms with van der Waals surface area (Å²) in [5.41, 5.74) is 1.66. The van der Waals surface area contributed by atoms with Crippen molar-refractivity contribution >= 4 is 25.0 Å². The molecule has 1 N–H and O–H groups in total. The van der Waals surface area contributed by atoms with Gasteiger partial charge in [-0.3, -0.25) is 9.69 Å². The van der Waals surface area contributed by atoms with Crippen molar-refractivity contribution in [1.29, 1.82) is 0 Å². The molecule has 2 heterocycles. The first-order valence-electron chi connectivity index (χ1n) is 6.46. The summed E-state index contributed by atoms with van der Waals surface area (Å²) in [6.45, 7) is 1.82. The normalized spacial score (nSPS) is 30.9. The van der Waals surface area contributed by atoms with Gasteiger partial charge in [-0.15, -0.1) is 0 Å². The van der Waals surface area contributed by atoms with E-state index in [0.29, 0.717) is 19.3 Å². The number of rotatable bonds is 1. The minimum absolute atomic E-state index is 0.113. The molecule has 2 aliphatic rings. The summed E-state index contributed by atoms with van der Waals surface area (Å²) >= 11 is 0. The number of hydrogen-bond acceptors (Lipinski definition) is 3. The van der Waals surface area contributed by atoms with Gasteiger partial charge in [-0.05, 0) is 31.7 Å². The number of carbonyl (C=O) groups is 1. The predicted molar refractivity (Wildman–Crippen MR) is 71.9 cm³/mol. The van der Waals surface area contributed by atoms with E-state index in [1.54, 1.807) is 11.1 Å². The lowest BCUT2D eigenvalue weighted by Gasteiger charge is -2.47. The fourth-order valence-corrected chi connectivity index (χ4v) is 3.02. The van der Waals surface area contributed by atoms with Crippen LogP contribution in [0.1, 0.15) is 31.7 Å². The van der Waals surface area contributed by atoms with Crippen molar-refractivity contribution in [1.82, 2.24) is 4.98 Å². The Morgan fingerprint density at radius 3 is 2.89 bits per heavy atom. The number of carbonyl (C=O) groups excluding carboxylic acids is 1. The van der Waals surface area contributed by atoms with E-state index < -0.39 is 5.60 Å². The number of fused-ring (bicyclic) bond motifs is 1. The monoisotopic (exact) mass is 244 g/mol. The van der Waals surface area contributed by atoms with Crippen LogP contribution < -0.4 is 10.4 Å². The average molecular weight is 244 g/mol. The molecule has 0 aromatic carbocycles. The Bertz CT molecular complexity index is 508. The van der Waals surface area contributed by atoms with Crippen molar-refractivity contribution in [3.05, 3.63) is 17.8 Å². The van der Waals surface area contributed by atoms with Crippen molar-refractivity contribution in [2.75, 3.05) is 4.90 Å². The van der Waals surface area contributed by atoms with Crippen molar-refractivity contribution in [2.45, 2.75) is 44.2 Å². The van der Waals surface area contributed by atoms with Crippen LogP contribution in [-0.4, -0.2) is 35.5 Å². The Kier molecular flexibility index (Phi) is 2.49. The van der Waals surface area contributed by atoms with Crippen LogP contribution in [0.5, 0.6) is 0 Å². The van der Waals surface area contributed by atoms with Crippen molar-refractivity contribution in [2.24, 2.45) is 0 Å². The highest BCUT2D eigenvalue weighted by Gasteiger charge is 2.45. The molecule has 0 unspecified atom stereocenters. The lowest BCUT2D eigenvalue weighted by molar-refractivity contribution is -0.121. The largest absolute Gasteiger partial charge is 0.390 e. The maximum Gasteiger partial charge on any atom is 0.228 e. The highest BCUT2D eigenvalue weighted by Crippen LogP contribution is 2.39. The molecule has 0 bridgehead atoms. The molecule has 0 saturated heterocycles. The van der Waals surface area contributed by atoms with Crippen molar-refractivity contribution < 1.29 is 9.90 Å². The molecule has 1 fully saturated rings. The van der Waals surface area contributed by atoms with Gasteiger partial charge in [0.15, 0.2) is 0 Å². The Morgan fingerprint density at radius 2 is 2.22 bits per heavy atom.